The van der Waals surface area contributed by atoms with Gasteiger partial charge in [0.15, 0.2) is 0 Å². The highest BCUT2D eigenvalue weighted by atomic mass is 79.9. The molecule has 2 amide bonds. The molecule has 3 atom stereocenters. The van der Waals surface area contributed by atoms with Gasteiger partial charge in [-0.05, 0) is 85.8 Å². The first kappa shape index (κ1) is 33.5. The lowest BCUT2D eigenvalue weighted by Gasteiger charge is -2.44. The number of nitrogens with two attached hydrogens (primary N) is 1. The van der Waals surface area contributed by atoms with Gasteiger partial charge in [0, 0.05) is 35.1 Å². The Morgan fingerprint density at radius 1 is 0.976 bits per heavy atom. The molecule has 0 saturated heterocycles. The molecule has 4 N–H and O–H groups in total. The topological polar surface area (TPSA) is 92.4 Å². The third-order valence-electron chi connectivity index (χ3n) is 7.69. The van der Waals surface area contributed by atoms with Crippen LogP contribution < -0.4 is 11.1 Å². The van der Waals surface area contributed by atoms with E-state index in [1.807, 2.05) is 45.0 Å². The van der Waals surface area contributed by atoms with Crippen LogP contribution in [0.2, 0.25) is 0 Å². The van der Waals surface area contributed by atoms with Crippen molar-refractivity contribution in [2.24, 2.45) is 5.73 Å². The minimum absolute atomic E-state index is 0.0586. The van der Waals surface area contributed by atoms with Crippen LogP contribution in [0.15, 0.2) is 65.1 Å². The lowest BCUT2D eigenvalue weighted by atomic mass is 9.93. The predicted octanol–water partition coefficient (Wildman–Crippen LogP) is 6.23. The first-order valence-corrected chi connectivity index (χ1v) is 15.1. The number of primary amides is 1. The maximum Gasteiger partial charge on any atom is 0.346 e. The standard InChI is InChI=1S/C33H40BrF2N3O3/c1-5-10-39(11-6-2,33(42)26-13-21(3)12-25(17-26)32(37)41)30(16-23-14-28(35)19-29(36)15-23)31(40)20-38-22(4)24-8-7-9-27(34)18-24/h7-9,12-15,17-19,22,30-31,38,40H,5-6,10-11,16,20H2,1-4H3,(H-,37,41)/p+1/t22-,30+,31-/m1/s1. The molecule has 0 bridgehead atoms. The van der Waals surface area contributed by atoms with Crippen molar-refractivity contribution in [1.29, 1.82) is 0 Å². The number of aryl methyl sites for hydroxylation is 1. The van der Waals surface area contributed by atoms with E-state index in [0.717, 1.165) is 16.1 Å². The highest BCUT2D eigenvalue weighted by Gasteiger charge is 2.47. The smallest absolute Gasteiger partial charge is 0.346 e. The van der Waals surface area contributed by atoms with Gasteiger partial charge in [0.1, 0.15) is 23.8 Å². The summed E-state index contributed by atoms with van der Waals surface area (Å²) in [6.07, 6.45) is 0.225. The molecule has 3 aromatic rings. The highest BCUT2D eigenvalue weighted by molar-refractivity contribution is 9.10. The van der Waals surface area contributed by atoms with Gasteiger partial charge in [-0.3, -0.25) is 9.28 Å². The van der Waals surface area contributed by atoms with Crippen LogP contribution in [0, 0.1) is 18.6 Å². The Bertz CT molecular complexity index is 1370. The predicted molar refractivity (Wildman–Crippen MR) is 165 cm³/mol. The van der Waals surface area contributed by atoms with Crippen LogP contribution in [0.25, 0.3) is 0 Å². The number of carbonyl (C=O) groups excluding carboxylic acids is 2. The fraction of sp³-hybridized carbons (Fsp3) is 0.394. The van der Waals surface area contributed by atoms with Crippen LogP contribution in [0.4, 0.5) is 8.78 Å². The molecule has 0 aliphatic rings. The number of rotatable bonds is 14. The number of hydrogen-bond donors (Lipinski definition) is 3. The van der Waals surface area contributed by atoms with Crippen LogP contribution in [-0.2, 0) is 6.42 Å². The summed E-state index contributed by atoms with van der Waals surface area (Å²) in [5.41, 5.74) is 8.16. The maximum absolute atomic E-state index is 14.6. The average molecular weight is 646 g/mol. The van der Waals surface area contributed by atoms with Gasteiger partial charge < -0.3 is 16.2 Å². The van der Waals surface area contributed by atoms with E-state index in [1.54, 1.807) is 19.1 Å². The van der Waals surface area contributed by atoms with E-state index in [-0.39, 0.29) is 35.0 Å². The molecule has 0 aliphatic carbocycles. The van der Waals surface area contributed by atoms with Gasteiger partial charge >= 0.3 is 5.91 Å². The van der Waals surface area contributed by atoms with Crippen molar-refractivity contribution < 1.29 is 28.0 Å². The van der Waals surface area contributed by atoms with Crippen molar-refractivity contribution in [3.63, 3.8) is 0 Å². The number of nitrogens with zero attached hydrogens (tertiary/aromatic N) is 1. The molecule has 0 spiro atoms. The average Bonchev–Trinajstić information content (AvgIpc) is 2.93. The number of aliphatic hydroxyl groups is 1. The van der Waals surface area contributed by atoms with Gasteiger partial charge in [0.2, 0.25) is 5.91 Å². The van der Waals surface area contributed by atoms with Crippen molar-refractivity contribution >= 4 is 27.7 Å². The van der Waals surface area contributed by atoms with Gasteiger partial charge in [-0.1, -0.05) is 41.9 Å². The summed E-state index contributed by atoms with van der Waals surface area (Å²) < 4.78 is 29.4. The van der Waals surface area contributed by atoms with Crippen LogP contribution in [0.1, 0.15) is 77.1 Å². The van der Waals surface area contributed by atoms with Crippen molar-refractivity contribution in [1.82, 2.24) is 5.32 Å². The number of aliphatic hydroxyl groups excluding tert-OH is 1. The number of benzene rings is 3. The van der Waals surface area contributed by atoms with Crippen LogP contribution in [-0.4, -0.2) is 53.2 Å². The number of quaternary nitrogens is 1. The van der Waals surface area contributed by atoms with Crippen LogP contribution >= 0.6 is 15.9 Å². The zero-order chi connectivity index (χ0) is 31.0. The second-order valence-electron chi connectivity index (χ2n) is 11.0. The van der Waals surface area contributed by atoms with E-state index >= 15 is 0 Å². The molecule has 0 heterocycles. The van der Waals surface area contributed by atoms with Crippen molar-refractivity contribution in [2.75, 3.05) is 19.6 Å². The Hall–Kier alpha value is -2.98. The van der Waals surface area contributed by atoms with Crippen LogP contribution in [0.5, 0.6) is 0 Å². The lowest BCUT2D eigenvalue weighted by molar-refractivity contribution is -0.878. The molecule has 226 valence electrons. The molecule has 0 radical (unpaired) electrons. The first-order valence-electron chi connectivity index (χ1n) is 14.3. The number of amides is 2. The minimum atomic E-state index is -1.06. The molecule has 3 aromatic carbocycles. The van der Waals surface area contributed by atoms with E-state index in [2.05, 4.69) is 21.2 Å². The largest absolute Gasteiger partial charge is 0.386 e. The SMILES string of the molecule is CCC[N+](CCC)(C(=O)c1cc(C)cc(C(N)=O)c1)[C@@H](Cc1cc(F)cc(F)c1)[C@H](O)CN[C@H](C)c1cccc(Br)c1. The monoisotopic (exact) mass is 644 g/mol. The third-order valence-corrected chi connectivity index (χ3v) is 8.18. The quantitative estimate of drug-likeness (QED) is 0.181. The summed E-state index contributed by atoms with van der Waals surface area (Å²) in [5.74, 6) is -2.36. The Morgan fingerprint density at radius 3 is 2.17 bits per heavy atom. The van der Waals surface area contributed by atoms with E-state index in [0.29, 0.717) is 42.6 Å². The van der Waals surface area contributed by atoms with E-state index in [9.17, 15) is 23.5 Å². The van der Waals surface area contributed by atoms with E-state index < -0.39 is 29.7 Å². The maximum atomic E-state index is 14.6. The zero-order valence-corrected chi connectivity index (χ0v) is 26.3. The number of nitrogens with one attached hydrogen (secondary N) is 1. The normalized spacial score (nSPS) is 13.9. The van der Waals surface area contributed by atoms with Crippen molar-refractivity contribution in [3.05, 3.63) is 105 Å². The minimum Gasteiger partial charge on any atom is -0.386 e. The summed E-state index contributed by atoms with van der Waals surface area (Å²) in [5, 5.41) is 15.2. The third kappa shape index (κ3) is 8.31. The first-order chi connectivity index (χ1) is 19.9. The molecule has 9 heteroatoms. The molecular weight excluding hydrogens is 604 g/mol. The zero-order valence-electron chi connectivity index (χ0n) is 24.7. The van der Waals surface area contributed by atoms with Gasteiger partial charge in [-0.2, -0.15) is 0 Å². The molecule has 42 heavy (non-hydrogen) atoms. The Balaban J connectivity index is 2.10. The Morgan fingerprint density at radius 2 is 1.60 bits per heavy atom. The second kappa shape index (κ2) is 15.0. The van der Waals surface area contributed by atoms with Gasteiger partial charge in [0.05, 0.1) is 18.7 Å². The summed E-state index contributed by atoms with van der Waals surface area (Å²) in [6.45, 7) is 8.58. The fourth-order valence-corrected chi connectivity index (χ4v) is 6.26. The van der Waals surface area contributed by atoms with Gasteiger partial charge in [-0.25, -0.2) is 13.6 Å². The highest BCUT2D eigenvalue weighted by Crippen LogP contribution is 2.29. The summed E-state index contributed by atoms with van der Waals surface area (Å²) in [4.78, 5) is 26.6. The molecule has 0 unspecified atom stereocenters. The number of hydrogen-bond acceptors (Lipinski definition) is 4. The van der Waals surface area contributed by atoms with E-state index in [4.69, 9.17) is 5.73 Å². The lowest BCUT2D eigenvalue weighted by Crippen LogP contribution is -2.65. The Kier molecular flexibility index (Phi) is 11.9. The number of carbonyl (C=O) groups is 2. The summed E-state index contributed by atoms with van der Waals surface area (Å²) >= 11 is 3.49. The Labute approximate surface area is 255 Å². The molecular formula is C33H41BrF2N3O3+. The molecule has 0 saturated carbocycles. The molecule has 0 fully saturated rings. The molecule has 0 aliphatic heterocycles. The second-order valence-corrected chi connectivity index (χ2v) is 12.0. The fourth-order valence-electron chi connectivity index (χ4n) is 5.84. The van der Waals surface area contributed by atoms with Crippen LogP contribution in [0.3, 0.4) is 0 Å². The van der Waals surface area contributed by atoms with Gasteiger partial charge in [-0.15, -0.1) is 0 Å². The summed E-state index contributed by atoms with van der Waals surface area (Å²) in [6, 6.07) is 15.1. The van der Waals surface area contributed by atoms with E-state index in [1.165, 1.54) is 18.2 Å². The van der Waals surface area contributed by atoms with Gasteiger partial charge in [0.25, 0.3) is 0 Å². The number of halogens is 3. The molecule has 0 aromatic heterocycles. The van der Waals surface area contributed by atoms with Crippen molar-refractivity contribution in [2.45, 2.75) is 65.1 Å². The molecule has 3 rings (SSSR count). The summed E-state index contributed by atoms with van der Waals surface area (Å²) in [7, 11) is 0. The van der Waals surface area contributed by atoms with Crippen molar-refractivity contribution in [3.8, 4) is 0 Å². The molecule has 6 nitrogen and oxygen atoms in total.